The number of ether oxygens (including phenoxy) is 2. The van der Waals surface area contributed by atoms with Gasteiger partial charge in [0, 0.05) is 12.7 Å². The van der Waals surface area contributed by atoms with Gasteiger partial charge in [-0.3, -0.25) is 0 Å². The highest BCUT2D eigenvalue weighted by atomic mass is 32.2. The first-order valence-electron chi connectivity index (χ1n) is 10.6. The zero-order valence-corrected chi connectivity index (χ0v) is 19.8. The molecule has 0 aliphatic rings. The van der Waals surface area contributed by atoms with Gasteiger partial charge in [-0.05, 0) is 47.9 Å². The second-order valence-corrected chi connectivity index (χ2v) is 9.96. The van der Waals surface area contributed by atoms with Gasteiger partial charge in [-0.1, -0.05) is 36.4 Å². The maximum absolute atomic E-state index is 14.1. The average molecular weight is 473 g/mol. The highest BCUT2D eigenvalue weighted by Gasteiger charge is 2.21. The van der Waals surface area contributed by atoms with Crippen molar-refractivity contribution >= 4 is 21.2 Å². The van der Waals surface area contributed by atoms with E-state index in [1.807, 2.05) is 19.1 Å². The Morgan fingerprint density at radius 3 is 2.42 bits per heavy atom. The van der Waals surface area contributed by atoms with E-state index in [0.717, 1.165) is 5.56 Å². The molecule has 3 aromatic rings. The SMILES string of the molecule is CCOc1cc([C@@H](CS(C)(=O)=O)Nc2cccc(Cc3ccccc3F)c2N)ccc1OC. The monoisotopic (exact) mass is 472 g/mol. The fourth-order valence-corrected chi connectivity index (χ4v) is 4.51. The van der Waals surface area contributed by atoms with Crippen molar-refractivity contribution in [3.05, 3.63) is 83.2 Å². The number of nitrogens with one attached hydrogen (secondary N) is 1. The molecule has 6 nitrogen and oxygen atoms in total. The minimum absolute atomic E-state index is 0.151. The number of methoxy groups -OCH3 is 1. The molecular formula is C25H29FN2O4S. The molecule has 0 heterocycles. The van der Waals surface area contributed by atoms with Crippen molar-refractivity contribution < 1.29 is 22.3 Å². The van der Waals surface area contributed by atoms with E-state index >= 15 is 0 Å². The van der Waals surface area contributed by atoms with Crippen LogP contribution in [0.2, 0.25) is 0 Å². The molecule has 1 atom stereocenters. The van der Waals surface area contributed by atoms with Gasteiger partial charge in [-0.25, -0.2) is 12.8 Å². The van der Waals surface area contributed by atoms with Gasteiger partial charge in [-0.15, -0.1) is 0 Å². The lowest BCUT2D eigenvalue weighted by atomic mass is 10.0. The van der Waals surface area contributed by atoms with E-state index in [-0.39, 0.29) is 11.6 Å². The van der Waals surface area contributed by atoms with E-state index in [1.54, 1.807) is 49.6 Å². The lowest BCUT2D eigenvalue weighted by Crippen LogP contribution is -2.21. The van der Waals surface area contributed by atoms with Crippen molar-refractivity contribution in [1.82, 2.24) is 0 Å². The summed E-state index contributed by atoms with van der Waals surface area (Å²) in [5, 5.41) is 3.27. The molecule has 0 aliphatic heterocycles. The lowest BCUT2D eigenvalue weighted by molar-refractivity contribution is 0.310. The van der Waals surface area contributed by atoms with Crippen LogP contribution in [0, 0.1) is 5.82 Å². The predicted molar refractivity (Wildman–Crippen MR) is 130 cm³/mol. The van der Waals surface area contributed by atoms with E-state index in [0.29, 0.717) is 47.0 Å². The van der Waals surface area contributed by atoms with Crippen LogP contribution in [0.25, 0.3) is 0 Å². The average Bonchev–Trinajstić information content (AvgIpc) is 2.76. The summed E-state index contributed by atoms with van der Waals surface area (Å²) in [4.78, 5) is 0. The van der Waals surface area contributed by atoms with E-state index in [1.165, 1.54) is 12.3 Å². The third kappa shape index (κ3) is 6.38. The second-order valence-electron chi connectivity index (χ2n) is 7.78. The first-order chi connectivity index (χ1) is 15.7. The number of rotatable bonds is 10. The van der Waals surface area contributed by atoms with Gasteiger partial charge in [0.1, 0.15) is 15.7 Å². The molecule has 8 heteroatoms. The summed E-state index contributed by atoms with van der Waals surface area (Å²) >= 11 is 0. The maximum Gasteiger partial charge on any atom is 0.161 e. The Kier molecular flexibility index (Phi) is 7.81. The summed E-state index contributed by atoms with van der Waals surface area (Å²) in [6.07, 6.45) is 1.51. The largest absolute Gasteiger partial charge is 0.493 e. The van der Waals surface area contributed by atoms with Crippen molar-refractivity contribution in [1.29, 1.82) is 0 Å². The topological polar surface area (TPSA) is 90.7 Å². The molecule has 0 saturated heterocycles. The Bertz CT molecular complexity index is 1210. The van der Waals surface area contributed by atoms with Gasteiger partial charge in [-0.2, -0.15) is 0 Å². The molecule has 0 spiro atoms. The predicted octanol–water partition coefficient (Wildman–Crippen LogP) is 4.60. The number of nitrogens with two attached hydrogens (primary N) is 1. The van der Waals surface area contributed by atoms with E-state index < -0.39 is 15.9 Å². The van der Waals surface area contributed by atoms with Crippen LogP contribution in [0.3, 0.4) is 0 Å². The summed E-state index contributed by atoms with van der Waals surface area (Å²) in [6.45, 7) is 2.30. The molecular weight excluding hydrogens is 443 g/mol. The molecule has 176 valence electrons. The van der Waals surface area contributed by atoms with Crippen LogP contribution >= 0.6 is 0 Å². The van der Waals surface area contributed by atoms with Crippen LogP contribution in [-0.4, -0.2) is 34.1 Å². The van der Waals surface area contributed by atoms with Crippen LogP contribution in [-0.2, 0) is 16.3 Å². The first kappa shape index (κ1) is 24.4. The van der Waals surface area contributed by atoms with Crippen molar-refractivity contribution in [3.8, 4) is 11.5 Å². The van der Waals surface area contributed by atoms with Gasteiger partial charge in [0.2, 0.25) is 0 Å². The third-order valence-electron chi connectivity index (χ3n) is 5.22. The quantitative estimate of drug-likeness (QED) is 0.419. The van der Waals surface area contributed by atoms with Crippen LogP contribution in [0.5, 0.6) is 11.5 Å². The Labute approximate surface area is 194 Å². The fraction of sp³-hybridized carbons (Fsp3) is 0.280. The number of para-hydroxylation sites is 1. The fourth-order valence-electron chi connectivity index (χ4n) is 3.63. The van der Waals surface area contributed by atoms with Crippen molar-refractivity contribution in [2.24, 2.45) is 0 Å². The van der Waals surface area contributed by atoms with Gasteiger partial charge in [0.25, 0.3) is 0 Å². The molecule has 0 radical (unpaired) electrons. The van der Waals surface area contributed by atoms with E-state index in [9.17, 15) is 12.8 Å². The standard InChI is InChI=1S/C25H29FN2O4S/c1-4-32-24-15-18(12-13-23(24)31-2)22(16-33(3,29)30)28-21-11-7-9-19(25(21)27)14-17-8-5-6-10-20(17)26/h5-13,15,22,28H,4,14,16,27H2,1-3H3/t22-/m1/s1. The molecule has 3 rings (SSSR count). The normalized spacial score (nSPS) is 12.2. The highest BCUT2D eigenvalue weighted by molar-refractivity contribution is 7.90. The van der Waals surface area contributed by atoms with Gasteiger partial charge in [0.15, 0.2) is 11.5 Å². The molecule has 0 fully saturated rings. The zero-order chi connectivity index (χ0) is 24.0. The van der Waals surface area contributed by atoms with Gasteiger partial charge in [0.05, 0.1) is 36.9 Å². The Morgan fingerprint density at radius 2 is 1.76 bits per heavy atom. The maximum atomic E-state index is 14.1. The van der Waals surface area contributed by atoms with Crippen LogP contribution in [0.15, 0.2) is 60.7 Å². The molecule has 33 heavy (non-hydrogen) atoms. The van der Waals surface area contributed by atoms with Crippen molar-refractivity contribution in [3.63, 3.8) is 0 Å². The molecule has 3 N–H and O–H groups in total. The number of halogens is 1. The zero-order valence-electron chi connectivity index (χ0n) is 19.0. The summed E-state index contributed by atoms with van der Waals surface area (Å²) in [6, 6.07) is 16.7. The minimum atomic E-state index is -3.33. The number of benzene rings is 3. The molecule has 0 saturated carbocycles. The summed E-state index contributed by atoms with van der Waals surface area (Å²) in [5.74, 6) is 0.637. The number of anilines is 2. The third-order valence-corrected chi connectivity index (χ3v) is 6.16. The van der Waals surface area contributed by atoms with Crippen molar-refractivity contribution in [2.75, 3.05) is 36.8 Å². The van der Waals surface area contributed by atoms with Gasteiger partial charge < -0.3 is 20.5 Å². The summed E-state index contributed by atoms with van der Waals surface area (Å²) in [5.41, 5.74) is 9.42. The number of sulfone groups is 1. The van der Waals surface area contributed by atoms with Crippen molar-refractivity contribution in [2.45, 2.75) is 19.4 Å². The van der Waals surface area contributed by atoms with Crippen LogP contribution in [0.1, 0.15) is 29.7 Å². The Morgan fingerprint density at radius 1 is 1.03 bits per heavy atom. The Balaban J connectivity index is 1.96. The Hall–Kier alpha value is -3.26. The molecule has 0 bridgehead atoms. The number of hydrogen-bond acceptors (Lipinski definition) is 6. The lowest BCUT2D eigenvalue weighted by Gasteiger charge is -2.23. The highest BCUT2D eigenvalue weighted by Crippen LogP contribution is 2.34. The van der Waals surface area contributed by atoms with E-state index in [4.69, 9.17) is 15.2 Å². The molecule has 0 aliphatic carbocycles. The summed E-state index contributed by atoms with van der Waals surface area (Å²) < 4.78 is 49.5. The van der Waals surface area contributed by atoms with Gasteiger partial charge >= 0.3 is 0 Å². The summed E-state index contributed by atoms with van der Waals surface area (Å²) in [7, 11) is -1.79. The first-order valence-corrected chi connectivity index (χ1v) is 12.6. The molecule has 0 amide bonds. The minimum Gasteiger partial charge on any atom is -0.493 e. The van der Waals surface area contributed by atoms with Crippen LogP contribution in [0.4, 0.5) is 15.8 Å². The molecule has 3 aromatic carbocycles. The second kappa shape index (κ2) is 10.6. The smallest absolute Gasteiger partial charge is 0.161 e. The molecule has 0 unspecified atom stereocenters. The number of hydrogen-bond donors (Lipinski definition) is 2. The number of nitrogen functional groups attached to an aromatic ring is 1. The molecule has 0 aromatic heterocycles. The van der Waals surface area contributed by atoms with E-state index in [2.05, 4.69) is 5.32 Å². The van der Waals surface area contributed by atoms with Crippen LogP contribution < -0.4 is 20.5 Å².